The normalized spacial score (nSPS) is 12.0. The lowest BCUT2D eigenvalue weighted by Gasteiger charge is -2.22. The summed E-state index contributed by atoms with van der Waals surface area (Å²) in [5.74, 6) is 2.75. The van der Waals surface area contributed by atoms with Crippen LogP contribution >= 0.6 is 0 Å². The smallest absolute Gasteiger partial charge is 0.254 e. The van der Waals surface area contributed by atoms with Gasteiger partial charge < -0.3 is 23.5 Å². The number of carbonyl (C=O) groups is 1. The molecule has 0 unspecified atom stereocenters. The predicted molar refractivity (Wildman–Crippen MR) is 97.8 cm³/mol. The Hall–Kier alpha value is -3.41. The number of benzene rings is 2. The van der Waals surface area contributed by atoms with Gasteiger partial charge in [-0.15, -0.1) is 0 Å². The molecule has 6 heteroatoms. The number of hydrogen-bond donors (Lipinski definition) is 0. The van der Waals surface area contributed by atoms with Crippen molar-refractivity contribution in [3.05, 3.63) is 77.7 Å². The first-order chi connectivity index (χ1) is 13.2. The van der Waals surface area contributed by atoms with Crippen molar-refractivity contribution >= 4 is 5.91 Å². The maximum atomic E-state index is 13.1. The molecule has 0 radical (unpaired) electrons. The Morgan fingerprint density at radius 3 is 2.59 bits per heavy atom. The average Bonchev–Trinajstić information content (AvgIpc) is 3.38. The summed E-state index contributed by atoms with van der Waals surface area (Å²) in [4.78, 5) is 14.8. The maximum absolute atomic E-state index is 13.1. The van der Waals surface area contributed by atoms with Crippen molar-refractivity contribution in [2.75, 3.05) is 13.9 Å². The van der Waals surface area contributed by atoms with E-state index in [2.05, 4.69) is 0 Å². The molecule has 3 aromatic rings. The fourth-order valence-electron chi connectivity index (χ4n) is 2.97. The molecule has 0 bridgehead atoms. The molecule has 0 N–H and O–H groups in total. The molecule has 0 saturated carbocycles. The topological polar surface area (TPSA) is 61.1 Å². The zero-order chi connectivity index (χ0) is 18.6. The van der Waals surface area contributed by atoms with Gasteiger partial charge in [-0.05, 0) is 54.1 Å². The van der Waals surface area contributed by atoms with E-state index >= 15 is 0 Å². The number of amides is 1. The summed E-state index contributed by atoms with van der Waals surface area (Å²) >= 11 is 0. The van der Waals surface area contributed by atoms with Crippen LogP contribution in [0.2, 0.25) is 0 Å². The Morgan fingerprint density at radius 2 is 1.85 bits per heavy atom. The van der Waals surface area contributed by atoms with E-state index in [1.807, 2.05) is 30.3 Å². The molecule has 0 atom stereocenters. The van der Waals surface area contributed by atoms with Gasteiger partial charge in [-0.25, -0.2) is 0 Å². The minimum Gasteiger partial charge on any atom is -0.497 e. The number of furan rings is 1. The molecule has 1 amide bonds. The molecule has 1 aliphatic rings. The van der Waals surface area contributed by atoms with E-state index in [4.69, 9.17) is 18.6 Å². The van der Waals surface area contributed by atoms with Crippen LogP contribution in [0.5, 0.6) is 17.2 Å². The lowest BCUT2D eigenvalue weighted by Crippen LogP contribution is -2.30. The Kier molecular flexibility index (Phi) is 4.70. The third kappa shape index (κ3) is 3.74. The molecular formula is C21H19NO5. The highest BCUT2D eigenvalue weighted by Gasteiger charge is 2.20. The van der Waals surface area contributed by atoms with Crippen molar-refractivity contribution in [3.8, 4) is 17.2 Å². The van der Waals surface area contributed by atoms with Crippen LogP contribution in [-0.4, -0.2) is 24.7 Å². The summed E-state index contributed by atoms with van der Waals surface area (Å²) in [6.07, 6.45) is 1.60. The maximum Gasteiger partial charge on any atom is 0.254 e. The van der Waals surface area contributed by atoms with E-state index in [1.54, 1.807) is 42.5 Å². The van der Waals surface area contributed by atoms with Gasteiger partial charge in [0.15, 0.2) is 11.5 Å². The Balaban J connectivity index is 1.58. The van der Waals surface area contributed by atoms with Crippen LogP contribution in [0, 0.1) is 0 Å². The number of nitrogens with zero attached hydrogens (tertiary/aromatic N) is 1. The Labute approximate surface area is 156 Å². The third-order valence-electron chi connectivity index (χ3n) is 4.36. The molecule has 0 saturated heterocycles. The van der Waals surface area contributed by atoms with Crippen LogP contribution in [-0.2, 0) is 13.1 Å². The van der Waals surface area contributed by atoms with Gasteiger partial charge in [0.1, 0.15) is 11.5 Å². The lowest BCUT2D eigenvalue weighted by atomic mass is 10.1. The van der Waals surface area contributed by atoms with Crippen molar-refractivity contribution in [3.63, 3.8) is 0 Å². The van der Waals surface area contributed by atoms with Gasteiger partial charge in [-0.2, -0.15) is 0 Å². The Morgan fingerprint density at radius 1 is 1.04 bits per heavy atom. The number of hydrogen-bond acceptors (Lipinski definition) is 5. The average molecular weight is 365 g/mol. The molecule has 0 spiro atoms. The van der Waals surface area contributed by atoms with Gasteiger partial charge >= 0.3 is 0 Å². The number of ether oxygens (including phenoxy) is 3. The van der Waals surface area contributed by atoms with Gasteiger partial charge in [0.05, 0.1) is 19.9 Å². The van der Waals surface area contributed by atoms with E-state index in [-0.39, 0.29) is 12.7 Å². The fraction of sp³-hybridized carbons (Fsp3) is 0.190. The quantitative estimate of drug-likeness (QED) is 0.664. The second-order valence-electron chi connectivity index (χ2n) is 6.16. The molecule has 1 aromatic heterocycles. The number of methoxy groups -OCH3 is 1. The largest absolute Gasteiger partial charge is 0.497 e. The van der Waals surface area contributed by atoms with Crippen LogP contribution in [0.3, 0.4) is 0 Å². The minimum absolute atomic E-state index is 0.0910. The monoisotopic (exact) mass is 365 g/mol. The number of rotatable bonds is 6. The van der Waals surface area contributed by atoms with Gasteiger partial charge in [0.2, 0.25) is 6.79 Å². The molecule has 2 aromatic carbocycles. The van der Waals surface area contributed by atoms with Crippen LogP contribution in [0.1, 0.15) is 21.7 Å². The second-order valence-corrected chi connectivity index (χ2v) is 6.16. The van der Waals surface area contributed by atoms with E-state index in [0.29, 0.717) is 30.2 Å². The second kappa shape index (κ2) is 7.45. The predicted octanol–water partition coefficient (Wildman–Crippen LogP) is 3.86. The van der Waals surface area contributed by atoms with Gasteiger partial charge in [-0.3, -0.25) is 4.79 Å². The zero-order valence-electron chi connectivity index (χ0n) is 14.9. The van der Waals surface area contributed by atoms with Crippen molar-refractivity contribution in [2.45, 2.75) is 13.1 Å². The van der Waals surface area contributed by atoms with Crippen LogP contribution in [0.4, 0.5) is 0 Å². The van der Waals surface area contributed by atoms with Crippen molar-refractivity contribution in [1.29, 1.82) is 0 Å². The molecule has 4 rings (SSSR count). The first-order valence-corrected chi connectivity index (χ1v) is 8.57. The summed E-state index contributed by atoms with van der Waals surface area (Å²) in [6, 6.07) is 16.4. The van der Waals surface area contributed by atoms with Crippen LogP contribution in [0.25, 0.3) is 0 Å². The van der Waals surface area contributed by atoms with E-state index in [9.17, 15) is 4.79 Å². The molecule has 0 aliphatic carbocycles. The van der Waals surface area contributed by atoms with Crippen molar-refractivity contribution in [2.24, 2.45) is 0 Å². The zero-order valence-corrected chi connectivity index (χ0v) is 14.9. The molecule has 2 heterocycles. The number of carbonyl (C=O) groups excluding carboxylic acids is 1. The number of fused-ring (bicyclic) bond motifs is 1. The van der Waals surface area contributed by atoms with E-state index < -0.39 is 0 Å². The molecule has 27 heavy (non-hydrogen) atoms. The molecular weight excluding hydrogens is 346 g/mol. The standard InChI is InChI=1S/C21H19NO5/c1-24-17-7-5-16(6-8-17)21(23)22(13-18-3-2-10-25-18)12-15-4-9-19-20(11-15)27-14-26-19/h2-11H,12-14H2,1H3. The van der Waals surface area contributed by atoms with E-state index in [1.165, 1.54) is 0 Å². The van der Waals surface area contributed by atoms with Crippen molar-refractivity contribution < 1.29 is 23.4 Å². The highest BCUT2D eigenvalue weighted by atomic mass is 16.7. The lowest BCUT2D eigenvalue weighted by molar-refractivity contribution is 0.0717. The summed E-state index contributed by atoms with van der Waals surface area (Å²) in [5.41, 5.74) is 1.54. The highest BCUT2D eigenvalue weighted by Crippen LogP contribution is 2.33. The van der Waals surface area contributed by atoms with Crippen LogP contribution < -0.4 is 14.2 Å². The first kappa shape index (κ1) is 17.0. The molecule has 138 valence electrons. The summed E-state index contributed by atoms with van der Waals surface area (Å²) in [6.45, 7) is 1.01. The minimum atomic E-state index is -0.0910. The summed E-state index contributed by atoms with van der Waals surface area (Å²) < 4.78 is 21.4. The highest BCUT2D eigenvalue weighted by molar-refractivity contribution is 5.94. The fourth-order valence-corrected chi connectivity index (χ4v) is 2.97. The SMILES string of the molecule is COc1ccc(C(=O)N(Cc2ccc3c(c2)OCO3)Cc2ccco2)cc1. The van der Waals surface area contributed by atoms with Gasteiger partial charge in [0, 0.05) is 12.1 Å². The van der Waals surface area contributed by atoms with Gasteiger partial charge in [0.25, 0.3) is 5.91 Å². The molecule has 1 aliphatic heterocycles. The van der Waals surface area contributed by atoms with Crippen molar-refractivity contribution in [1.82, 2.24) is 4.90 Å². The molecule has 6 nitrogen and oxygen atoms in total. The summed E-state index contributed by atoms with van der Waals surface area (Å²) in [5, 5.41) is 0. The summed E-state index contributed by atoms with van der Waals surface area (Å²) in [7, 11) is 1.60. The first-order valence-electron chi connectivity index (χ1n) is 8.57. The molecule has 0 fully saturated rings. The van der Waals surface area contributed by atoms with Crippen LogP contribution in [0.15, 0.2) is 65.3 Å². The van der Waals surface area contributed by atoms with E-state index in [0.717, 1.165) is 17.1 Å². The van der Waals surface area contributed by atoms with Gasteiger partial charge in [-0.1, -0.05) is 6.07 Å². The third-order valence-corrected chi connectivity index (χ3v) is 4.36. The Bertz CT molecular complexity index is 918.